The smallest absolute Gasteiger partial charge is 0.338 e. The summed E-state index contributed by atoms with van der Waals surface area (Å²) in [6.07, 6.45) is 1.67. The fraction of sp³-hybridized carbons (Fsp3) is 0.571. The number of hydrogen-bond donors (Lipinski definition) is 3. The second kappa shape index (κ2) is 4.60. The van der Waals surface area contributed by atoms with Crippen LogP contribution in [0.2, 0.25) is 0 Å². The van der Waals surface area contributed by atoms with Crippen LogP contribution in [0.4, 0.5) is 0 Å². The predicted octanol–water partition coefficient (Wildman–Crippen LogP) is 1.59. The Kier molecular flexibility index (Phi) is 4.10. The summed E-state index contributed by atoms with van der Waals surface area (Å²) in [6, 6.07) is 0. The molecule has 64 valence electrons. The molecule has 0 unspecified atom stereocenters. The lowest BCUT2D eigenvalue weighted by Crippen LogP contribution is -2.04. The summed E-state index contributed by atoms with van der Waals surface area (Å²) in [4.78, 5) is 10.3. The van der Waals surface area contributed by atoms with E-state index in [1.807, 2.05) is 6.92 Å². The zero-order chi connectivity index (χ0) is 8.85. The molecule has 0 bridgehead atoms. The molecular weight excluding hydrogens is 148 g/mol. The van der Waals surface area contributed by atoms with Crippen molar-refractivity contribution >= 4 is 5.97 Å². The number of unbranched alkanes of at least 4 members (excludes halogenated alkanes) is 1. The molecule has 0 saturated carbocycles. The highest BCUT2D eigenvalue weighted by molar-refractivity contribution is 5.86. The number of carboxylic acid groups (broad SMARTS) is 1. The Labute approximate surface area is 64.8 Å². The molecule has 0 rings (SSSR count). The highest BCUT2D eigenvalue weighted by Gasteiger charge is 2.12. The van der Waals surface area contributed by atoms with Gasteiger partial charge in [0.05, 0.1) is 0 Å². The zero-order valence-corrected chi connectivity index (χ0v) is 6.37. The molecule has 4 nitrogen and oxygen atoms in total. The van der Waals surface area contributed by atoms with Gasteiger partial charge in [-0.2, -0.15) is 0 Å². The summed E-state index contributed by atoms with van der Waals surface area (Å²) < 4.78 is 0. The number of hydrogen-bond acceptors (Lipinski definition) is 3. The molecular formula is C7H12O4. The van der Waals surface area contributed by atoms with E-state index in [1.54, 1.807) is 0 Å². The van der Waals surface area contributed by atoms with Crippen LogP contribution < -0.4 is 0 Å². The van der Waals surface area contributed by atoms with Gasteiger partial charge in [0, 0.05) is 0 Å². The first kappa shape index (κ1) is 9.81. The summed E-state index contributed by atoms with van der Waals surface area (Å²) in [5.41, 5.74) is -0.313. The lowest BCUT2D eigenvalue weighted by Gasteiger charge is -1.99. The summed E-state index contributed by atoms with van der Waals surface area (Å²) in [5, 5.41) is 25.3. The fourth-order valence-corrected chi connectivity index (χ4v) is 0.668. The van der Waals surface area contributed by atoms with E-state index in [9.17, 15) is 4.79 Å². The Morgan fingerprint density at radius 2 is 1.82 bits per heavy atom. The number of carbonyl (C=O) groups is 1. The van der Waals surface area contributed by atoms with Crippen molar-refractivity contribution in [1.82, 2.24) is 0 Å². The molecule has 0 saturated heterocycles. The molecule has 0 radical (unpaired) electrons. The largest absolute Gasteiger partial charge is 0.481 e. The Bertz CT molecular complexity index is 167. The number of carboxylic acids is 1. The van der Waals surface area contributed by atoms with Crippen molar-refractivity contribution in [3.63, 3.8) is 0 Å². The number of rotatable bonds is 4. The second-order valence-electron chi connectivity index (χ2n) is 2.21. The summed E-state index contributed by atoms with van der Waals surface area (Å²) in [5.74, 6) is -2.34. The average molecular weight is 160 g/mol. The number of aliphatic hydroxyl groups excluding tert-OH is 1. The molecule has 0 amide bonds. The maximum absolute atomic E-state index is 10.3. The lowest BCUT2D eigenvalue weighted by molar-refractivity contribution is -0.133. The molecule has 0 heterocycles. The molecule has 0 aliphatic heterocycles. The minimum atomic E-state index is -1.27. The SMILES string of the molecule is CCCCC(C(=O)O)=C(O)O. The van der Waals surface area contributed by atoms with Crippen molar-refractivity contribution in [2.24, 2.45) is 0 Å². The van der Waals surface area contributed by atoms with E-state index in [-0.39, 0.29) is 12.0 Å². The Morgan fingerprint density at radius 1 is 1.27 bits per heavy atom. The van der Waals surface area contributed by atoms with Crippen LogP contribution in [0.3, 0.4) is 0 Å². The predicted molar refractivity (Wildman–Crippen MR) is 39.4 cm³/mol. The zero-order valence-electron chi connectivity index (χ0n) is 6.37. The van der Waals surface area contributed by atoms with E-state index in [0.29, 0.717) is 6.42 Å². The first-order valence-corrected chi connectivity index (χ1v) is 3.44. The first-order valence-electron chi connectivity index (χ1n) is 3.44. The first-order chi connectivity index (χ1) is 5.09. The van der Waals surface area contributed by atoms with E-state index in [1.165, 1.54) is 0 Å². The van der Waals surface area contributed by atoms with Crippen molar-refractivity contribution < 1.29 is 20.1 Å². The molecule has 0 aliphatic carbocycles. The van der Waals surface area contributed by atoms with Crippen molar-refractivity contribution in [1.29, 1.82) is 0 Å². The Morgan fingerprint density at radius 3 is 2.09 bits per heavy atom. The monoisotopic (exact) mass is 160 g/mol. The van der Waals surface area contributed by atoms with Gasteiger partial charge in [0.25, 0.3) is 5.95 Å². The van der Waals surface area contributed by atoms with Crippen LogP contribution in [-0.2, 0) is 4.79 Å². The highest BCUT2D eigenvalue weighted by atomic mass is 16.5. The Hall–Kier alpha value is -1.19. The second-order valence-corrected chi connectivity index (χ2v) is 2.21. The maximum Gasteiger partial charge on any atom is 0.338 e. The minimum absolute atomic E-state index is 0.203. The molecule has 0 spiro atoms. The molecule has 0 aromatic rings. The number of aliphatic carboxylic acids is 1. The van der Waals surface area contributed by atoms with Crippen molar-refractivity contribution in [3.8, 4) is 0 Å². The van der Waals surface area contributed by atoms with Crippen LogP contribution in [0.5, 0.6) is 0 Å². The fourth-order valence-electron chi connectivity index (χ4n) is 0.668. The van der Waals surface area contributed by atoms with Crippen LogP contribution >= 0.6 is 0 Å². The van der Waals surface area contributed by atoms with Gasteiger partial charge in [-0.05, 0) is 12.8 Å². The third kappa shape index (κ3) is 3.50. The minimum Gasteiger partial charge on any atom is -0.481 e. The molecule has 0 aliphatic rings. The van der Waals surface area contributed by atoms with Gasteiger partial charge in [0.1, 0.15) is 5.57 Å². The standard InChI is InChI=1S/C7H12O4/c1-2-3-4-5(6(8)9)7(10)11/h8-9H,2-4H2,1H3,(H,10,11). The quantitative estimate of drug-likeness (QED) is 0.431. The molecule has 0 fully saturated rings. The van der Waals surface area contributed by atoms with E-state index in [0.717, 1.165) is 6.42 Å². The third-order valence-electron chi connectivity index (χ3n) is 1.31. The van der Waals surface area contributed by atoms with Crippen molar-refractivity contribution in [2.75, 3.05) is 0 Å². The molecule has 0 aromatic heterocycles. The summed E-state index contributed by atoms with van der Waals surface area (Å²) >= 11 is 0. The maximum atomic E-state index is 10.3. The van der Waals surface area contributed by atoms with Crippen LogP contribution in [0.15, 0.2) is 11.5 Å². The van der Waals surface area contributed by atoms with Crippen LogP contribution in [0.1, 0.15) is 26.2 Å². The van der Waals surface area contributed by atoms with Gasteiger partial charge in [-0.3, -0.25) is 0 Å². The van der Waals surface area contributed by atoms with Crippen LogP contribution in [-0.4, -0.2) is 21.3 Å². The number of aliphatic hydroxyl groups is 2. The molecule has 11 heavy (non-hydrogen) atoms. The topological polar surface area (TPSA) is 77.8 Å². The molecule has 0 atom stereocenters. The molecule has 4 heteroatoms. The normalized spacial score (nSPS) is 9.18. The van der Waals surface area contributed by atoms with Gasteiger partial charge in [0.2, 0.25) is 0 Å². The van der Waals surface area contributed by atoms with Gasteiger partial charge < -0.3 is 15.3 Å². The van der Waals surface area contributed by atoms with E-state index in [2.05, 4.69) is 0 Å². The summed E-state index contributed by atoms with van der Waals surface area (Å²) in [6.45, 7) is 1.90. The van der Waals surface area contributed by atoms with Crippen molar-refractivity contribution in [2.45, 2.75) is 26.2 Å². The molecule has 3 N–H and O–H groups in total. The molecule has 0 aromatic carbocycles. The van der Waals surface area contributed by atoms with Gasteiger partial charge >= 0.3 is 5.97 Å². The average Bonchev–Trinajstić information content (AvgIpc) is 1.87. The third-order valence-corrected chi connectivity index (χ3v) is 1.31. The van der Waals surface area contributed by atoms with Crippen LogP contribution in [0, 0.1) is 0 Å². The van der Waals surface area contributed by atoms with Gasteiger partial charge in [0.15, 0.2) is 0 Å². The highest BCUT2D eigenvalue weighted by Crippen LogP contribution is 2.09. The van der Waals surface area contributed by atoms with E-state index in [4.69, 9.17) is 15.3 Å². The van der Waals surface area contributed by atoms with Crippen LogP contribution in [0.25, 0.3) is 0 Å². The summed E-state index contributed by atoms with van der Waals surface area (Å²) in [7, 11) is 0. The van der Waals surface area contributed by atoms with E-state index >= 15 is 0 Å². The lowest BCUT2D eigenvalue weighted by atomic mass is 10.1. The van der Waals surface area contributed by atoms with E-state index < -0.39 is 11.9 Å². The Balaban J connectivity index is 4.14. The van der Waals surface area contributed by atoms with Crippen molar-refractivity contribution in [3.05, 3.63) is 11.5 Å². The van der Waals surface area contributed by atoms with Gasteiger partial charge in [-0.1, -0.05) is 13.3 Å². The van der Waals surface area contributed by atoms with Gasteiger partial charge in [-0.25, -0.2) is 4.79 Å². The van der Waals surface area contributed by atoms with Gasteiger partial charge in [-0.15, -0.1) is 0 Å².